The second-order valence-corrected chi connectivity index (χ2v) is 8.28. The summed E-state index contributed by atoms with van der Waals surface area (Å²) in [5.41, 5.74) is 1.36. The van der Waals surface area contributed by atoms with Crippen molar-refractivity contribution in [1.82, 2.24) is 0 Å². The number of hydrogen-bond donors (Lipinski definition) is 1. The Morgan fingerprint density at radius 2 is 1.34 bits per heavy atom. The van der Waals surface area contributed by atoms with E-state index in [4.69, 9.17) is 0 Å². The summed E-state index contributed by atoms with van der Waals surface area (Å²) < 4.78 is 39.0. The van der Waals surface area contributed by atoms with Crippen LogP contribution in [0.15, 0.2) is 67.0 Å². The number of nitrogens with one attached hydrogen (secondary N) is 1. The van der Waals surface area contributed by atoms with Crippen LogP contribution in [0.4, 0.5) is 23.0 Å². The lowest BCUT2D eigenvalue weighted by molar-refractivity contribution is -0.840. The molecule has 0 aromatic heterocycles. The SMILES string of the molecule is CCCCCCCC[NH+]1C=CN(c2c3ccccc3cc3ccccc23)C1.F[B-](F)(F)F. The predicted octanol–water partition coefficient (Wildman–Crippen LogP) is 6.79. The summed E-state index contributed by atoms with van der Waals surface area (Å²) in [6.07, 6.45) is 12.8. The molecule has 0 fully saturated rings. The number of nitrogens with zero attached hydrogens (tertiary/aromatic N) is 1. The standard InChI is InChI=1S/C25H30N2.BF4/c1-2-3-4-5-6-11-16-26-17-18-27(20-26)25-23-14-9-7-12-21(23)19-22-13-8-10-15-24(22)25;2-1(3,4)5/h7-10,12-15,17-19H,2-6,11,16,20H2,1H3;/q;-1/p+1. The van der Waals surface area contributed by atoms with Gasteiger partial charge >= 0.3 is 7.25 Å². The van der Waals surface area contributed by atoms with Gasteiger partial charge in [0.05, 0.1) is 18.4 Å². The molecule has 7 heteroatoms. The van der Waals surface area contributed by atoms with E-state index in [1.165, 1.54) is 72.3 Å². The van der Waals surface area contributed by atoms with E-state index in [1.807, 2.05) is 0 Å². The Kier molecular flexibility index (Phi) is 8.56. The number of fused-ring (bicyclic) bond motifs is 2. The van der Waals surface area contributed by atoms with Crippen molar-refractivity contribution in [2.45, 2.75) is 45.4 Å². The van der Waals surface area contributed by atoms with Gasteiger partial charge in [-0.1, -0.05) is 81.1 Å². The highest BCUT2D eigenvalue weighted by Gasteiger charge is 2.22. The maximum absolute atomic E-state index is 9.75. The fraction of sp³-hybridized carbons (Fsp3) is 0.360. The number of benzene rings is 3. The molecule has 1 aliphatic rings. The fourth-order valence-corrected chi connectivity index (χ4v) is 4.27. The van der Waals surface area contributed by atoms with E-state index < -0.39 is 7.25 Å². The Hall–Kier alpha value is -2.54. The van der Waals surface area contributed by atoms with E-state index >= 15 is 0 Å². The highest BCUT2D eigenvalue weighted by atomic mass is 19.5. The minimum Gasteiger partial charge on any atom is -0.418 e. The lowest BCUT2D eigenvalue weighted by Gasteiger charge is -2.21. The van der Waals surface area contributed by atoms with Gasteiger partial charge in [0, 0.05) is 10.8 Å². The molecule has 4 rings (SSSR count). The van der Waals surface area contributed by atoms with Crippen molar-refractivity contribution in [2.24, 2.45) is 0 Å². The maximum Gasteiger partial charge on any atom is 0.673 e. The molecule has 0 radical (unpaired) electrons. The number of anilines is 1. The number of halogens is 4. The highest BCUT2D eigenvalue weighted by molar-refractivity contribution is 6.50. The molecule has 0 spiro atoms. The van der Waals surface area contributed by atoms with E-state index in [-0.39, 0.29) is 0 Å². The Morgan fingerprint density at radius 3 is 1.94 bits per heavy atom. The van der Waals surface area contributed by atoms with Crippen LogP contribution in [0.3, 0.4) is 0 Å². The van der Waals surface area contributed by atoms with Gasteiger partial charge in [0.15, 0.2) is 6.67 Å². The first-order valence-corrected chi connectivity index (χ1v) is 11.4. The first-order chi connectivity index (χ1) is 15.4. The summed E-state index contributed by atoms with van der Waals surface area (Å²) in [6.45, 7) is 4.56. The average molecular weight is 446 g/mol. The van der Waals surface area contributed by atoms with Crippen molar-refractivity contribution in [3.8, 4) is 0 Å². The summed E-state index contributed by atoms with van der Waals surface area (Å²) in [5, 5.41) is 5.34. The Balaban J connectivity index is 0.000000523. The van der Waals surface area contributed by atoms with Crippen LogP contribution in [-0.2, 0) is 0 Å². The first-order valence-electron chi connectivity index (χ1n) is 11.4. The topological polar surface area (TPSA) is 7.68 Å². The molecule has 0 amide bonds. The van der Waals surface area contributed by atoms with Crippen LogP contribution in [0.2, 0.25) is 0 Å². The summed E-state index contributed by atoms with van der Waals surface area (Å²) in [4.78, 5) is 4.03. The van der Waals surface area contributed by atoms with E-state index in [0.29, 0.717) is 0 Å². The fourth-order valence-electron chi connectivity index (χ4n) is 4.27. The normalized spacial score (nSPS) is 15.9. The van der Waals surface area contributed by atoms with Gasteiger partial charge in [0.1, 0.15) is 6.20 Å². The molecule has 1 unspecified atom stereocenters. The zero-order valence-electron chi connectivity index (χ0n) is 18.5. The molecule has 0 saturated carbocycles. The molecule has 1 atom stereocenters. The van der Waals surface area contributed by atoms with E-state index in [2.05, 4.69) is 78.8 Å². The molecule has 2 nitrogen and oxygen atoms in total. The first kappa shape index (κ1) is 24.1. The molecule has 0 bridgehead atoms. The molecular formula is C25H31BF4N2. The molecule has 3 aromatic rings. The van der Waals surface area contributed by atoms with Crippen LogP contribution in [0, 0.1) is 0 Å². The van der Waals surface area contributed by atoms with Crippen LogP contribution >= 0.6 is 0 Å². The quantitative estimate of drug-likeness (QED) is 0.173. The van der Waals surface area contributed by atoms with Gasteiger partial charge in [-0.3, -0.25) is 9.80 Å². The van der Waals surface area contributed by atoms with Crippen molar-refractivity contribution in [2.75, 3.05) is 18.1 Å². The van der Waals surface area contributed by atoms with E-state index in [9.17, 15) is 17.3 Å². The molecule has 3 aromatic carbocycles. The second kappa shape index (κ2) is 11.4. The van der Waals surface area contributed by atoms with Gasteiger partial charge in [-0.05, 0) is 29.7 Å². The monoisotopic (exact) mass is 446 g/mol. The van der Waals surface area contributed by atoms with E-state index in [0.717, 1.165) is 6.67 Å². The summed E-state index contributed by atoms with van der Waals surface area (Å²) >= 11 is 0. The smallest absolute Gasteiger partial charge is 0.418 e. The lowest BCUT2D eigenvalue weighted by Crippen LogP contribution is -3.07. The Bertz CT molecular complexity index is 975. The van der Waals surface area contributed by atoms with Crippen molar-refractivity contribution < 1.29 is 22.2 Å². The Morgan fingerprint density at radius 1 is 0.812 bits per heavy atom. The summed E-state index contributed by atoms with van der Waals surface area (Å²) in [7, 11) is -6.00. The van der Waals surface area contributed by atoms with Crippen molar-refractivity contribution in [3.05, 3.63) is 67.0 Å². The molecule has 1 aliphatic heterocycles. The van der Waals surface area contributed by atoms with E-state index in [1.54, 1.807) is 4.90 Å². The minimum absolute atomic E-state index is 1.03. The third kappa shape index (κ3) is 6.99. The third-order valence-corrected chi connectivity index (χ3v) is 5.75. The third-order valence-electron chi connectivity index (χ3n) is 5.75. The van der Waals surface area contributed by atoms with Crippen LogP contribution in [0.25, 0.3) is 21.5 Å². The van der Waals surface area contributed by atoms with Crippen molar-refractivity contribution >= 4 is 34.5 Å². The van der Waals surface area contributed by atoms with Crippen molar-refractivity contribution in [1.29, 1.82) is 0 Å². The highest BCUT2D eigenvalue weighted by Crippen LogP contribution is 2.35. The predicted molar refractivity (Wildman–Crippen MR) is 127 cm³/mol. The second-order valence-electron chi connectivity index (χ2n) is 8.28. The van der Waals surface area contributed by atoms with Gasteiger partial charge in [-0.2, -0.15) is 0 Å². The Labute approximate surface area is 187 Å². The summed E-state index contributed by atoms with van der Waals surface area (Å²) in [6, 6.07) is 19.9. The van der Waals surface area contributed by atoms with Gasteiger partial charge in [-0.25, -0.2) is 0 Å². The molecule has 0 saturated heterocycles. The average Bonchev–Trinajstić information content (AvgIpc) is 3.21. The minimum atomic E-state index is -6.00. The van der Waals surface area contributed by atoms with Crippen LogP contribution in [-0.4, -0.2) is 20.5 Å². The lowest BCUT2D eigenvalue weighted by atomic mass is 10.0. The number of quaternary nitrogens is 1. The molecule has 1 N–H and O–H groups in total. The number of unbranched alkanes of at least 4 members (excludes halogenated alkanes) is 5. The van der Waals surface area contributed by atoms with Gasteiger partial charge in [-0.15, -0.1) is 0 Å². The largest absolute Gasteiger partial charge is 0.673 e. The molecular weight excluding hydrogens is 415 g/mol. The van der Waals surface area contributed by atoms with Crippen LogP contribution in [0.1, 0.15) is 45.4 Å². The molecule has 1 heterocycles. The zero-order valence-corrected chi connectivity index (χ0v) is 18.5. The van der Waals surface area contributed by atoms with Gasteiger partial charge in [0.2, 0.25) is 0 Å². The van der Waals surface area contributed by atoms with Crippen LogP contribution < -0.4 is 9.80 Å². The van der Waals surface area contributed by atoms with Crippen LogP contribution in [0.5, 0.6) is 0 Å². The molecule has 32 heavy (non-hydrogen) atoms. The zero-order chi connectivity index (χ0) is 23.0. The molecule has 172 valence electrons. The number of rotatable bonds is 8. The summed E-state index contributed by atoms with van der Waals surface area (Å²) in [5.74, 6) is 0. The maximum atomic E-state index is 9.75. The van der Waals surface area contributed by atoms with Gasteiger partial charge in [0.25, 0.3) is 0 Å². The van der Waals surface area contributed by atoms with Gasteiger partial charge < -0.3 is 17.3 Å². The molecule has 0 aliphatic carbocycles. The number of hydrogen-bond acceptors (Lipinski definition) is 1. The van der Waals surface area contributed by atoms with Crippen molar-refractivity contribution in [3.63, 3.8) is 0 Å².